The second kappa shape index (κ2) is 4.97. The molecule has 6 heteroatoms. The molecule has 0 aliphatic rings. The number of hydrogen-bond acceptors (Lipinski definition) is 4. The lowest BCUT2D eigenvalue weighted by Crippen LogP contribution is -1.92. The molecule has 0 spiro atoms. The number of aromatic amines is 1. The van der Waals surface area contributed by atoms with Crippen molar-refractivity contribution in [3.8, 4) is 11.6 Å². The number of methoxy groups -OCH3 is 1. The van der Waals surface area contributed by atoms with Crippen LogP contribution in [0.1, 0.15) is 6.92 Å². The molecule has 0 amide bonds. The average Bonchev–Trinajstić information content (AvgIpc) is 3.04. The SMILES string of the molecule is CCSc1cc(-n2cnc3cc(OC)ccc32)[nH]n1. The molecule has 0 unspecified atom stereocenters. The van der Waals surface area contributed by atoms with Gasteiger partial charge in [-0.2, -0.15) is 5.10 Å². The fourth-order valence-electron chi connectivity index (χ4n) is 1.95. The minimum Gasteiger partial charge on any atom is -0.497 e. The molecule has 0 atom stereocenters. The van der Waals surface area contributed by atoms with Crippen molar-refractivity contribution >= 4 is 22.8 Å². The van der Waals surface area contributed by atoms with Crippen LogP contribution in [0.15, 0.2) is 35.6 Å². The topological polar surface area (TPSA) is 55.7 Å². The Morgan fingerprint density at radius 2 is 2.26 bits per heavy atom. The van der Waals surface area contributed by atoms with Crippen molar-refractivity contribution in [3.05, 3.63) is 30.6 Å². The largest absolute Gasteiger partial charge is 0.497 e. The Labute approximate surface area is 115 Å². The summed E-state index contributed by atoms with van der Waals surface area (Å²) < 4.78 is 7.19. The van der Waals surface area contributed by atoms with Crippen molar-refractivity contribution in [1.82, 2.24) is 19.7 Å². The quantitative estimate of drug-likeness (QED) is 0.743. The molecule has 1 N–H and O–H groups in total. The van der Waals surface area contributed by atoms with Gasteiger partial charge in [-0.3, -0.25) is 9.67 Å². The summed E-state index contributed by atoms with van der Waals surface area (Å²) in [4.78, 5) is 4.39. The first kappa shape index (κ1) is 12.1. The molecular weight excluding hydrogens is 260 g/mol. The summed E-state index contributed by atoms with van der Waals surface area (Å²) in [6, 6.07) is 7.87. The molecule has 0 fully saturated rings. The fraction of sp³-hybridized carbons (Fsp3) is 0.231. The summed E-state index contributed by atoms with van der Waals surface area (Å²) in [5.74, 6) is 2.74. The number of ether oxygens (including phenoxy) is 1. The molecular formula is C13H14N4OS. The van der Waals surface area contributed by atoms with E-state index in [0.29, 0.717) is 0 Å². The molecule has 19 heavy (non-hydrogen) atoms. The van der Waals surface area contributed by atoms with Crippen LogP contribution >= 0.6 is 11.8 Å². The van der Waals surface area contributed by atoms with Crippen molar-refractivity contribution < 1.29 is 4.74 Å². The molecule has 2 aromatic heterocycles. The predicted octanol–water partition coefficient (Wildman–Crippen LogP) is 2.87. The first-order valence-electron chi connectivity index (χ1n) is 6.01. The third-order valence-electron chi connectivity index (χ3n) is 2.85. The van der Waals surface area contributed by atoms with E-state index < -0.39 is 0 Å². The van der Waals surface area contributed by atoms with E-state index in [0.717, 1.165) is 33.4 Å². The maximum Gasteiger partial charge on any atom is 0.135 e. The van der Waals surface area contributed by atoms with Gasteiger partial charge in [0.15, 0.2) is 0 Å². The molecule has 5 nitrogen and oxygen atoms in total. The maximum absolute atomic E-state index is 5.20. The van der Waals surface area contributed by atoms with Gasteiger partial charge in [-0.05, 0) is 17.9 Å². The number of benzene rings is 1. The molecule has 0 bridgehead atoms. The lowest BCUT2D eigenvalue weighted by atomic mass is 10.3. The Hall–Kier alpha value is -1.95. The Morgan fingerprint density at radius 1 is 1.37 bits per heavy atom. The minimum absolute atomic E-state index is 0.810. The van der Waals surface area contributed by atoms with Gasteiger partial charge in [-0.15, -0.1) is 11.8 Å². The summed E-state index contributed by atoms with van der Waals surface area (Å²) >= 11 is 1.71. The van der Waals surface area contributed by atoms with Gasteiger partial charge in [0.05, 0.1) is 18.1 Å². The van der Waals surface area contributed by atoms with Gasteiger partial charge in [-0.25, -0.2) is 4.98 Å². The van der Waals surface area contributed by atoms with E-state index in [-0.39, 0.29) is 0 Å². The van der Waals surface area contributed by atoms with Crippen LogP contribution in [-0.4, -0.2) is 32.6 Å². The Kier molecular flexibility index (Phi) is 3.16. The van der Waals surface area contributed by atoms with Gasteiger partial charge >= 0.3 is 0 Å². The van der Waals surface area contributed by atoms with E-state index in [2.05, 4.69) is 22.1 Å². The number of nitrogens with one attached hydrogen (secondary N) is 1. The summed E-state index contributed by atoms with van der Waals surface area (Å²) in [6.07, 6.45) is 1.79. The summed E-state index contributed by atoms with van der Waals surface area (Å²) in [5.41, 5.74) is 1.93. The van der Waals surface area contributed by atoms with Gasteiger partial charge in [0.1, 0.15) is 22.9 Å². The van der Waals surface area contributed by atoms with Gasteiger partial charge < -0.3 is 4.74 Å². The molecule has 0 saturated carbocycles. The number of imidazole rings is 1. The monoisotopic (exact) mass is 274 g/mol. The smallest absolute Gasteiger partial charge is 0.135 e. The highest BCUT2D eigenvalue weighted by Gasteiger charge is 2.08. The minimum atomic E-state index is 0.810. The molecule has 2 heterocycles. The van der Waals surface area contributed by atoms with Crippen molar-refractivity contribution in [2.45, 2.75) is 11.9 Å². The lowest BCUT2D eigenvalue weighted by molar-refractivity contribution is 0.415. The van der Waals surface area contributed by atoms with Gasteiger partial charge in [-0.1, -0.05) is 6.92 Å². The Bertz CT molecular complexity index is 704. The van der Waals surface area contributed by atoms with E-state index in [4.69, 9.17) is 4.74 Å². The van der Waals surface area contributed by atoms with Crippen LogP contribution in [0.3, 0.4) is 0 Å². The molecule has 3 rings (SSSR count). The van der Waals surface area contributed by atoms with Gasteiger partial charge in [0.25, 0.3) is 0 Å². The second-order valence-corrected chi connectivity index (χ2v) is 5.28. The first-order valence-corrected chi connectivity index (χ1v) is 7.00. The zero-order valence-electron chi connectivity index (χ0n) is 10.8. The van der Waals surface area contributed by atoms with Crippen LogP contribution in [0.4, 0.5) is 0 Å². The standard InChI is InChI=1S/C13H14N4OS/c1-3-19-13-7-12(15-16-13)17-8-14-10-6-9(18-2)4-5-11(10)17/h4-8H,3H2,1-2H3,(H,15,16). The number of fused-ring (bicyclic) bond motifs is 1. The van der Waals surface area contributed by atoms with Crippen LogP contribution in [0, 0.1) is 0 Å². The number of hydrogen-bond donors (Lipinski definition) is 1. The van der Waals surface area contributed by atoms with Gasteiger partial charge in [0, 0.05) is 12.1 Å². The normalized spacial score (nSPS) is 11.1. The number of H-pyrrole nitrogens is 1. The van der Waals surface area contributed by atoms with Crippen molar-refractivity contribution in [2.24, 2.45) is 0 Å². The van der Waals surface area contributed by atoms with Crippen LogP contribution in [0.2, 0.25) is 0 Å². The molecule has 0 saturated heterocycles. The third kappa shape index (κ3) is 2.19. The van der Waals surface area contributed by atoms with Crippen LogP contribution < -0.4 is 4.74 Å². The fourth-order valence-corrected chi connectivity index (χ4v) is 2.55. The summed E-state index contributed by atoms with van der Waals surface area (Å²) in [6.45, 7) is 2.11. The molecule has 0 radical (unpaired) electrons. The molecule has 0 aliphatic carbocycles. The summed E-state index contributed by atoms with van der Waals surface area (Å²) in [7, 11) is 1.65. The van der Waals surface area contributed by atoms with Crippen LogP contribution in [-0.2, 0) is 0 Å². The van der Waals surface area contributed by atoms with Crippen LogP contribution in [0.5, 0.6) is 5.75 Å². The number of thioether (sulfide) groups is 1. The summed E-state index contributed by atoms with van der Waals surface area (Å²) in [5, 5.41) is 8.30. The molecule has 1 aromatic carbocycles. The van der Waals surface area contributed by atoms with E-state index >= 15 is 0 Å². The number of nitrogens with zero attached hydrogens (tertiary/aromatic N) is 3. The predicted molar refractivity (Wildman–Crippen MR) is 76.2 cm³/mol. The van der Waals surface area contributed by atoms with Crippen molar-refractivity contribution in [3.63, 3.8) is 0 Å². The zero-order valence-corrected chi connectivity index (χ0v) is 11.6. The van der Waals surface area contributed by atoms with Crippen molar-refractivity contribution in [2.75, 3.05) is 12.9 Å². The molecule has 98 valence electrons. The average molecular weight is 274 g/mol. The maximum atomic E-state index is 5.20. The molecule has 0 aliphatic heterocycles. The van der Waals surface area contributed by atoms with Crippen molar-refractivity contribution in [1.29, 1.82) is 0 Å². The second-order valence-electron chi connectivity index (χ2n) is 3.99. The van der Waals surface area contributed by atoms with E-state index in [1.807, 2.05) is 28.8 Å². The zero-order chi connectivity index (χ0) is 13.2. The lowest BCUT2D eigenvalue weighted by Gasteiger charge is -2.01. The van der Waals surface area contributed by atoms with Crippen LogP contribution in [0.25, 0.3) is 16.9 Å². The Morgan fingerprint density at radius 3 is 3.05 bits per heavy atom. The number of rotatable bonds is 4. The van der Waals surface area contributed by atoms with E-state index in [1.165, 1.54) is 0 Å². The Balaban J connectivity index is 2.04. The van der Waals surface area contributed by atoms with Gasteiger partial charge in [0.2, 0.25) is 0 Å². The number of aromatic nitrogens is 4. The van der Waals surface area contributed by atoms with E-state index in [1.54, 1.807) is 25.2 Å². The van der Waals surface area contributed by atoms with E-state index in [9.17, 15) is 0 Å². The first-order chi connectivity index (χ1) is 9.31. The highest BCUT2D eigenvalue weighted by molar-refractivity contribution is 7.99. The highest BCUT2D eigenvalue weighted by Crippen LogP contribution is 2.23. The molecule has 3 aromatic rings. The third-order valence-corrected chi connectivity index (χ3v) is 3.64. The highest BCUT2D eigenvalue weighted by atomic mass is 32.2.